The van der Waals surface area contributed by atoms with Crippen LogP contribution in [0.25, 0.3) is 0 Å². The second kappa shape index (κ2) is 9.36. The molecule has 0 atom stereocenters. The average molecular weight is 399 g/mol. The zero-order valence-electron chi connectivity index (χ0n) is 15.2. The number of anilines is 1. The van der Waals surface area contributed by atoms with Crippen LogP contribution >= 0.6 is 11.8 Å². The first-order valence-electron chi connectivity index (χ1n) is 9.09. The molecule has 0 bridgehead atoms. The van der Waals surface area contributed by atoms with Crippen LogP contribution in [0.3, 0.4) is 0 Å². The van der Waals surface area contributed by atoms with Gasteiger partial charge < -0.3 is 10.6 Å². The Balaban J connectivity index is 1.47. The number of thioether (sulfide) groups is 1. The molecule has 0 aromatic heterocycles. The van der Waals surface area contributed by atoms with Gasteiger partial charge in [-0.25, -0.2) is 0 Å². The van der Waals surface area contributed by atoms with E-state index in [1.165, 1.54) is 23.9 Å². The number of amides is 2. The van der Waals surface area contributed by atoms with E-state index in [-0.39, 0.29) is 29.3 Å². The predicted octanol–water partition coefficient (Wildman–Crippen LogP) is 4.00. The van der Waals surface area contributed by atoms with Crippen molar-refractivity contribution in [1.29, 1.82) is 0 Å². The molecule has 0 heterocycles. The van der Waals surface area contributed by atoms with Crippen LogP contribution in [0.1, 0.15) is 36.0 Å². The minimum Gasteiger partial charge on any atom is -0.349 e. The fraction of sp³-hybridized carbons (Fsp3) is 0.300. The molecule has 1 aliphatic rings. The number of hydrogen-bond acceptors (Lipinski definition) is 5. The van der Waals surface area contributed by atoms with E-state index in [1.54, 1.807) is 36.4 Å². The van der Waals surface area contributed by atoms with Crippen LogP contribution in [0.4, 0.5) is 11.4 Å². The lowest BCUT2D eigenvalue weighted by atomic mass is 10.1. The summed E-state index contributed by atoms with van der Waals surface area (Å²) in [7, 11) is 0. The fourth-order valence-corrected chi connectivity index (χ4v) is 3.75. The Hall–Kier alpha value is -2.87. The van der Waals surface area contributed by atoms with Gasteiger partial charge in [-0.3, -0.25) is 19.7 Å². The van der Waals surface area contributed by atoms with Crippen molar-refractivity contribution >= 4 is 35.0 Å². The summed E-state index contributed by atoms with van der Waals surface area (Å²) >= 11 is 1.30. The maximum absolute atomic E-state index is 12.2. The van der Waals surface area contributed by atoms with Crippen LogP contribution in [0, 0.1) is 10.1 Å². The van der Waals surface area contributed by atoms with Crippen LogP contribution in [-0.4, -0.2) is 28.5 Å². The highest BCUT2D eigenvalue weighted by molar-refractivity contribution is 8.00. The van der Waals surface area contributed by atoms with Gasteiger partial charge in [-0.2, -0.15) is 0 Å². The normalized spacial score (nSPS) is 13.9. The number of nitro benzene ring substituents is 1. The third-order valence-corrected chi connectivity index (χ3v) is 5.55. The molecule has 2 aromatic carbocycles. The molecule has 1 fully saturated rings. The SMILES string of the molecule is O=C(CSc1ccc([N+](=O)[O-])cc1)Nc1ccc(C(=O)NC2CCCC2)cc1. The number of non-ortho nitro benzene ring substituents is 1. The molecule has 2 N–H and O–H groups in total. The van der Waals surface area contributed by atoms with E-state index in [9.17, 15) is 19.7 Å². The zero-order valence-corrected chi connectivity index (χ0v) is 16.0. The van der Waals surface area contributed by atoms with Gasteiger partial charge in [0.05, 0.1) is 10.7 Å². The van der Waals surface area contributed by atoms with Crippen molar-refractivity contribution in [2.75, 3.05) is 11.1 Å². The van der Waals surface area contributed by atoms with Crippen LogP contribution in [0.15, 0.2) is 53.4 Å². The number of carbonyl (C=O) groups excluding carboxylic acids is 2. The van der Waals surface area contributed by atoms with E-state index < -0.39 is 4.92 Å². The van der Waals surface area contributed by atoms with Crippen molar-refractivity contribution in [2.45, 2.75) is 36.6 Å². The van der Waals surface area contributed by atoms with E-state index in [0.717, 1.165) is 30.6 Å². The van der Waals surface area contributed by atoms with Crippen LogP contribution in [-0.2, 0) is 4.79 Å². The summed E-state index contributed by atoms with van der Waals surface area (Å²) in [6, 6.07) is 13.1. The maximum Gasteiger partial charge on any atom is 0.269 e. The summed E-state index contributed by atoms with van der Waals surface area (Å²) in [6.07, 6.45) is 4.39. The molecule has 0 radical (unpaired) electrons. The quantitative estimate of drug-likeness (QED) is 0.416. The second-order valence-electron chi connectivity index (χ2n) is 6.62. The lowest BCUT2D eigenvalue weighted by Crippen LogP contribution is -2.32. The molecule has 2 amide bonds. The first-order valence-corrected chi connectivity index (χ1v) is 10.1. The Kier molecular flexibility index (Phi) is 6.65. The highest BCUT2D eigenvalue weighted by Crippen LogP contribution is 2.22. The standard InChI is InChI=1S/C20H21N3O4S/c24-19(13-28-18-11-9-17(10-12-18)23(26)27)21-16-7-5-14(6-8-16)20(25)22-15-3-1-2-4-15/h5-12,15H,1-4,13H2,(H,21,24)(H,22,25). The summed E-state index contributed by atoms with van der Waals surface area (Å²) in [4.78, 5) is 35.3. The summed E-state index contributed by atoms with van der Waals surface area (Å²) < 4.78 is 0. The largest absolute Gasteiger partial charge is 0.349 e. The van der Waals surface area contributed by atoms with Crippen molar-refractivity contribution in [3.63, 3.8) is 0 Å². The smallest absolute Gasteiger partial charge is 0.269 e. The molecule has 3 rings (SSSR count). The molecule has 0 spiro atoms. The number of rotatable bonds is 7. The molecule has 0 saturated heterocycles. The summed E-state index contributed by atoms with van der Waals surface area (Å²) in [5.74, 6) is -0.0909. The minimum absolute atomic E-state index is 0.0193. The van der Waals surface area contributed by atoms with Crippen molar-refractivity contribution in [3.8, 4) is 0 Å². The highest BCUT2D eigenvalue weighted by atomic mass is 32.2. The highest BCUT2D eigenvalue weighted by Gasteiger charge is 2.17. The molecule has 1 saturated carbocycles. The number of nitrogens with one attached hydrogen (secondary N) is 2. The lowest BCUT2D eigenvalue weighted by Gasteiger charge is -2.12. The van der Waals surface area contributed by atoms with E-state index in [1.807, 2.05) is 0 Å². The van der Waals surface area contributed by atoms with Crippen LogP contribution in [0.5, 0.6) is 0 Å². The van der Waals surface area contributed by atoms with Gasteiger partial charge >= 0.3 is 0 Å². The molecule has 0 aliphatic heterocycles. The molecule has 1 aliphatic carbocycles. The van der Waals surface area contributed by atoms with Crippen molar-refractivity contribution in [2.24, 2.45) is 0 Å². The van der Waals surface area contributed by atoms with Crippen molar-refractivity contribution in [1.82, 2.24) is 5.32 Å². The number of nitrogens with zero attached hydrogens (tertiary/aromatic N) is 1. The van der Waals surface area contributed by atoms with Gasteiger partial charge in [0, 0.05) is 34.3 Å². The maximum atomic E-state index is 12.2. The summed E-state index contributed by atoms with van der Waals surface area (Å²) in [6.45, 7) is 0. The van der Waals surface area contributed by atoms with E-state index >= 15 is 0 Å². The van der Waals surface area contributed by atoms with Crippen molar-refractivity contribution < 1.29 is 14.5 Å². The predicted molar refractivity (Wildman–Crippen MR) is 109 cm³/mol. The molecule has 0 unspecified atom stereocenters. The minimum atomic E-state index is -0.459. The molecular formula is C20H21N3O4S. The van der Waals surface area contributed by atoms with Gasteiger partial charge in [-0.05, 0) is 49.2 Å². The summed E-state index contributed by atoms with van der Waals surface area (Å²) in [5, 5.41) is 16.5. The van der Waals surface area contributed by atoms with Gasteiger partial charge in [0.25, 0.3) is 11.6 Å². The van der Waals surface area contributed by atoms with Gasteiger partial charge in [0.2, 0.25) is 5.91 Å². The van der Waals surface area contributed by atoms with E-state index in [2.05, 4.69) is 10.6 Å². The fourth-order valence-electron chi connectivity index (χ4n) is 3.05. The number of nitro groups is 1. The van der Waals surface area contributed by atoms with Crippen LogP contribution < -0.4 is 10.6 Å². The Morgan fingerprint density at radius 2 is 1.68 bits per heavy atom. The zero-order chi connectivity index (χ0) is 19.9. The third kappa shape index (κ3) is 5.56. The average Bonchev–Trinajstić information content (AvgIpc) is 3.20. The Morgan fingerprint density at radius 1 is 1.04 bits per heavy atom. The van der Waals surface area contributed by atoms with Gasteiger partial charge in [-0.15, -0.1) is 11.8 Å². The van der Waals surface area contributed by atoms with Gasteiger partial charge in [0.15, 0.2) is 0 Å². The molecule has 2 aromatic rings. The molecule has 28 heavy (non-hydrogen) atoms. The van der Waals surface area contributed by atoms with Crippen molar-refractivity contribution in [3.05, 3.63) is 64.2 Å². The molecule has 146 valence electrons. The molecule has 8 heteroatoms. The third-order valence-electron chi connectivity index (χ3n) is 4.54. The molecular weight excluding hydrogens is 378 g/mol. The topological polar surface area (TPSA) is 101 Å². The number of carbonyl (C=O) groups is 2. The van der Waals surface area contributed by atoms with E-state index in [4.69, 9.17) is 0 Å². The Morgan fingerprint density at radius 3 is 2.29 bits per heavy atom. The second-order valence-corrected chi connectivity index (χ2v) is 7.67. The summed E-state index contributed by atoms with van der Waals surface area (Å²) in [5.41, 5.74) is 1.21. The monoisotopic (exact) mass is 399 g/mol. The first-order chi connectivity index (χ1) is 13.5. The Labute approximate surface area is 167 Å². The lowest BCUT2D eigenvalue weighted by molar-refractivity contribution is -0.384. The van der Waals surface area contributed by atoms with Gasteiger partial charge in [-0.1, -0.05) is 12.8 Å². The molecule has 7 nitrogen and oxygen atoms in total. The number of hydrogen-bond donors (Lipinski definition) is 2. The van der Waals surface area contributed by atoms with E-state index in [0.29, 0.717) is 11.3 Å². The first kappa shape index (κ1) is 19.9. The Bertz CT molecular complexity index is 847. The van der Waals surface area contributed by atoms with Crippen LogP contribution in [0.2, 0.25) is 0 Å². The van der Waals surface area contributed by atoms with Gasteiger partial charge in [0.1, 0.15) is 0 Å². The number of benzene rings is 2.